The van der Waals surface area contributed by atoms with Crippen molar-refractivity contribution in [3.05, 3.63) is 52.7 Å². The Balaban J connectivity index is 1.66. The molecule has 14 heteroatoms. The van der Waals surface area contributed by atoms with Crippen molar-refractivity contribution in [2.45, 2.75) is 13.0 Å². The number of rotatable bonds is 8. The van der Waals surface area contributed by atoms with E-state index in [1.807, 2.05) is 12.1 Å². The lowest BCUT2D eigenvalue weighted by atomic mass is 10.0. The van der Waals surface area contributed by atoms with Crippen LogP contribution in [0.1, 0.15) is 11.1 Å². The molecule has 0 saturated heterocycles. The van der Waals surface area contributed by atoms with Gasteiger partial charge in [-0.2, -0.15) is 13.4 Å². The highest BCUT2D eigenvalue weighted by Crippen LogP contribution is 2.40. The predicted molar refractivity (Wildman–Crippen MR) is 136 cm³/mol. The van der Waals surface area contributed by atoms with E-state index in [4.69, 9.17) is 21.1 Å². The van der Waals surface area contributed by atoms with Crippen LogP contribution in [0.2, 0.25) is 5.02 Å². The highest BCUT2D eigenvalue weighted by molar-refractivity contribution is 7.81. The van der Waals surface area contributed by atoms with Crippen LogP contribution in [0.5, 0.6) is 11.5 Å². The Labute approximate surface area is 212 Å². The number of fused-ring (bicyclic) bond motifs is 1. The van der Waals surface area contributed by atoms with E-state index in [9.17, 15) is 16.9 Å². The van der Waals surface area contributed by atoms with E-state index in [0.29, 0.717) is 30.3 Å². The van der Waals surface area contributed by atoms with E-state index in [-0.39, 0.29) is 27.8 Å². The molecule has 2 aromatic carbocycles. The molecule has 1 aliphatic heterocycles. The van der Waals surface area contributed by atoms with E-state index in [1.165, 1.54) is 37.7 Å². The van der Waals surface area contributed by atoms with Gasteiger partial charge in [-0.25, -0.2) is 4.98 Å². The van der Waals surface area contributed by atoms with Gasteiger partial charge in [-0.05, 0) is 61.2 Å². The van der Waals surface area contributed by atoms with Crippen LogP contribution in [0, 0.1) is 0 Å². The molecule has 0 unspecified atom stereocenters. The van der Waals surface area contributed by atoms with Crippen molar-refractivity contribution in [3.63, 3.8) is 0 Å². The van der Waals surface area contributed by atoms with E-state index >= 15 is 0 Å². The maximum absolute atomic E-state index is 13.0. The monoisotopic (exact) mass is 556 g/mol. The smallest absolute Gasteiger partial charge is 0.488 e. The Kier molecular flexibility index (Phi) is 7.42. The van der Waals surface area contributed by atoms with Gasteiger partial charge in [0.25, 0.3) is 0 Å². The van der Waals surface area contributed by atoms with Crippen LogP contribution < -0.4 is 24.9 Å². The highest BCUT2D eigenvalue weighted by Gasteiger charge is 2.21. The zero-order valence-electron chi connectivity index (χ0n) is 19.5. The van der Waals surface area contributed by atoms with Gasteiger partial charge in [0.2, 0.25) is 5.95 Å². The minimum Gasteiger partial charge on any atom is -0.495 e. The molecule has 3 aromatic rings. The molecule has 36 heavy (non-hydrogen) atoms. The molecular formula is C22H23ClFN4O6PS. The summed E-state index contributed by atoms with van der Waals surface area (Å²) < 4.78 is 62.9. The summed E-state index contributed by atoms with van der Waals surface area (Å²) in [6.45, 7) is 4.09. The molecule has 0 saturated carbocycles. The van der Waals surface area contributed by atoms with E-state index < -0.39 is 17.6 Å². The van der Waals surface area contributed by atoms with E-state index in [0.717, 1.165) is 17.5 Å². The average Bonchev–Trinajstić information content (AvgIpc) is 2.80. The summed E-state index contributed by atoms with van der Waals surface area (Å²) in [7, 11) is -6.65. The number of ether oxygens (including phenoxy) is 2. The second kappa shape index (κ2) is 10.2. The number of aromatic nitrogens is 2. The van der Waals surface area contributed by atoms with Gasteiger partial charge in [-0.3, -0.25) is 0 Å². The molecule has 0 amide bonds. The van der Waals surface area contributed by atoms with Gasteiger partial charge in [0, 0.05) is 5.30 Å². The lowest BCUT2D eigenvalue weighted by molar-refractivity contribution is 0.110. The number of nitrogens with zero attached hydrogens (tertiary/aromatic N) is 2. The molecule has 192 valence electrons. The second-order valence-electron chi connectivity index (χ2n) is 8.27. The predicted octanol–water partition coefficient (Wildman–Crippen LogP) is 4.54. The average molecular weight is 557 g/mol. The number of benzene rings is 2. The third-order valence-electron chi connectivity index (χ3n) is 5.28. The largest absolute Gasteiger partial charge is 0.495 e. The van der Waals surface area contributed by atoms with Crippen molar-refractivity contribution in [1.82, 2.24) is 9.97 Å². The first kappa shape index (κ1) is 26.2. The Morgan fingerprint density at radius 3 is 2.61 bits per heavy atom. The lowest BCUT2D eigenvalue weighted by Crippen LogP contribution is -2.13. The first-order valence-electron chi connectivity index (χ1n) is 10.6. The van der Waals surface area contributed by atoms with Crippen LogP contribution in [0.25, 0.3) is 0 Å². The van der Waals surface area contributed by atoms with Gasteiger partial charge in [0.15, 0.2) is 5.82 Å². The SMILES string of the molecule is COc1cc2c(cc1Nc1ncc(Cl)c(Nc3ccc(OS(=O)(=O)F)cc3P(C)(C)=O)n1)COCC2. The normalized spacial score (nSPS) is 13.6. The quantitative estimate of drug-likeness (QED) is 0.301. The maximum atomic E-state index is 13.0. The van der Waals surface area contributed by atoms with Crippen LogP contribution in [0.4, 0.5) is 27.0 Å². The van der Waals surface area contributed by atoms with Gasteiger partial charge >= 0.3 is 10.5 Å². The van der Waals surface area contributed by atoms with Gasteiger partial charge in [-0.1, -0.05) is 15.5 Å². The summed E-state index contributed by atoms with van der Waals surface area (Å²) in [6, 6.07) is 7.66. The molecule has 2 N–H and O–H groups in total. The summed E-state index contributed by atoms with van der Waals surface area (Å²) >= 11 is 6.31. The topological polar surface area (TPSA) is 129 Å². The Bertz CT molecular complexity index is 1470. The first-order chi connectivity index (χ1) is 16.9. The minimum atomic E-state index is -5.24. The van der Waals surface area contributed by atoms with Gasteiger partial charge < -0.3 is 28.9 Å². The number of anilines is 4. The molecule has 0 spiro atoms. The molecule has 0 aliphatic carbocycles. The van der Waals surface area contributed by atoms with Crippen molar-refractivity contribution in [2.24, 2.45) is 0 Å². The lowest BCUT2D eigenvalue weighted by Gasteiger charge is -2.20. The number of methoxy groups -OCH3 is 1. The van der Waals surface area contributed by atoms with E-state index in [1.54, 1.807) is 7.11 Å². The fraction of sp³-hybridized carbons (Fsp3) is 0.273. The second-order valence-corrected chi connectivity index (χ2v) is 12.8. The van der Waals surface area contributed by atoms with Crippen LogP contribution in [-0.4, -0.2) is 45.4 Å². The Hall–Kier alpha value is -2.92. The van der Waals surface area contributed by atoms with Gasteiger partial charge in [0.05, 0.1) is 37.9 Å². The molecule has 10 nitrogen and oxygen atoms in total. The molecule has 4 rings (SSSR count). The van der Waals surface area contributed by atoms with Crippen molar-refractivity contribution in [3.8, 4) is 11.5 Å². The molecular weight excluding hydrogens is 534 g/mol. The number of hydrogen-bond acceptors (Lipinski definition) is 10. The molecule has 1 aliphatic rings. The molecule has 0 radical (unpaired) electrons. The molecule has 1 aromatic heterocycles. The van der Waals surface area contributed by atoms with Crippen molar-refractivity contribution < 1.29 is 30.5 Å². The van der Waals surface area contributed by atoms with Crippen molar-refractivity contribution in [1.29, 1.82) is 0 Å². The maximum Gasteiger partial charge on any atom is 0.488 e. The number of halogens is 2. The van der Waals surface area contributed by atoms with Crippen LogP contribution >= 0.6 is 18.7 Å². The zero-order chi connectivity index (χ0) is 26.1. The van der Waals surface area contributed by atoms with Crippen molar-refractivity contribution in [2.75, 3.05) is 37.7 Å². The zero-order valence-corrected chi connectivity index (χ0v) is 22.0. The molecule has 2 heterocycles. The van der Waals surface area contributed by atoms with Crippen LogP contribution in [0.3, 0.4) is 0 Å². The van der Waals surface area contributed by atoms with Crippen molar-refractivity contribution >= 4 is 57.7 Å². The summed E-state index contributed by atoms with van der Waals surface area (Å²) in [5.74, 6) is 0.692. The summed E-state index contributed by atoms with van der Waals surface area (Å²) in [6.07, 6.45) is 2.18. The summed E-state index contributed by atoms with van der Waals surface area (Å²) in [5.41, 5.74) is 3.13. The van der Waals surface area contributed by atoms with Gasteiger partial charge in [0.1, 0.15) is 23.7 Å². The summed E-state index contributed by atoms with van der Waals surface area (Å²) in [4.78, 5) is 8.65. The van der Waals surface area contributed by atoms with Gasteiger partial charge in [-0.15, -0.1) is 0 Å². The molecule has 0 fully saturated rings. The third-order valence-corrected chi connectivity index (χ3v) is 7.48. The Morgan fingerprint density at radius 1 is 1.14 bits per heavy atom. The van der Waals surface area contributed by atoms with Crippen LogP contribution in [-0.2, 0) is 32.8 Å². The minimum absolute atomic E-state index is 0.172. The highest BCUT2D eigenvalue weighted by atomic mass is 35.5. The number of hydrogen-bond donors (Lipinski definition) is 2. The number of nitrogens with one attached hydrogen (secondary N) is 2. The van der Waals surface area contributed by atoms with Crippen LogP contribution in [0.15, 0.2) is 36.5 Å². The van der Waals surface area contributed by atoms with E-state index in [2.05, 4.69) is 24.8 Å². The Morgan fingerprint density at radius 2 is 1.92 bits per heavy atom. The molecule has 0 atom stereocenters. The third kappa shape index (κ3) is 6.25. The fourth-order valence-corrected chi connectivity index (χ4v) is 5.28. The molecule has 0 bridgehead atoms. The first-order valence-corrected chi connectivity index (χ1v) is 14.9. The summed E-state index contributed by atoms with van der Waals surface area (Å²) in [5, 5.41) is 6.50. The fourth-order valence-electron chi connectivity index (χ4n) is 3.66. The standard InChI is InChI=1S/C22H23ClFN4O6PS/c1-32-19-9-13-6-7-33-12-14(13)8-18(19)27-22-25-11-16(23)21(28-22)26-17-5-4-15(34-36(24,30)31)10-20(17)35(2,3)29/h4-5,8-11H,6-7,12H2,1-3H3,(H2,25,26,27,28).